The van der Waals surface area contributed by atoms with Crippen LogP contribution in [-0.4, -0.2) is 28.8 Å². The number of anilines is 1. The highest BCUT2D eigenvalue weighted by molar-refractivity contribution is 5.69. The van der Waals surface area contributed by atoms with Crippen LogP contribution in [0.15, 0.2) is 12.1 Å². The smallest absolute Gasteiger partial charge is 0.311 e. The maximum absolute atomic E-state index is 11.1. The van der Waals surface area contributed by atoms with Crippen molar-refractivity contribution in [3.05, 3.63) is 27.9 Å². The van der Waals surface area contributed by atoms with E-state index >= 15 is 0 Å². The number of piperidine rings is 1. The van der Waals surface area contributed by atoms with Gasteiger partial charge >= 0.3 is 5.69 Å². The molecule has 6 nitrogen and oxygen atoms in total. The maximum atomic E-state index is 11.1. The molecule has 0 bridgehead atoms. The second-order valence-electron chi connectivity index (χ2n) is 4.45. The number of aldehydes is 1. The van der Waals surface area contributed by atoms with Crippen molar-refractivity contribution in [1.29, 1.82) is 0 Å². The van der Waals surface area contributed by atoms with E-state index in [2.05, 4.69) is 4.98 Å². The van der Waals surface area contributed by atoms with Crippen LogP contribution in [0.2, 0.25) is 0 Å². The van der Waals surface area contributed by atoms with Crippen LogP contribution in [-0.2, 0) is 4.79 Å². The molecule has 0 saturated carbocycles. The summed E-state index contributed by atoms with van der Waals surface area (Å²) >= 11 is 0. The van der Waals surface area contributed by atoms with Gasteiger partial charge in [0.1, 0.15) is 6.29 Å². The lowest BCUT2D eigenvalue weighted by atomic mass is 10.0. The van der Waals surface area contributed by atoms with Crippen LogP contribution in [0.25, 0.3) is 0 Å². The summed E-state index contributed by atoms with van der Waals surface area (Å²) in [7, 11) is 0. The molecule has 0 amide bonds. The second-order valence-corrected chi connectivity index (χ2v) is 4.45. The fourth-order valence-corrected chi connectivity index (χ4v) is 2.25. The van der Waals surface area contributed by atoms with E-state index in [9.17, 15) is 14.9 Å². The van der Waals surface area contributed by atoms with Crippen molar-refractivity contribution in [2.45, 2.75) is 32.2 Å². The van der Waals surface area contributed by atoms with Crippen molar-refractivity contribution in [3.63, 3.8) is 0 Å². The van der Waals surface area contributed by atoms with Crippen molar-refractivity contribution >= 4 is 17.8 Å². The molecule has 0 N–H and O–H groups in total. The Morgan fingerprint density at radius 1 is 1.50 bits per heavy atom. The summed E-state index contributed by atoms with van der Waals surface area (Å²) in [5.41, 5.74) is 0.681. The molecule has 1 aliphatic rings. The van der Waals surface area contributed by atoms with Crippen LogP contribution in [0.3, 0.4) is 0 Å². The summed E-state index contributed by atoms with van der Waals surface area (Å²) in [6, 6.07) is 2.77. The number of hydrogen-bond acceptors (Lipinski definition) is 5. The van der Waals surface area contributed by atoms with Crippen molar-refractivity contribution in [1.82, 2.24) is 4.98 Å². The molecule has 2 heterocycles. The number of aromatic nitrogens is 1. The van der Waals surface area contributed by atoms with Crippen LogP contribution in [0, 0.1) is 17.0 Å². The molecule has 0 radical (unpaired) electrons. The average molecular weight is 249 g/mol. The molecule has 96 valence electrons. The van der Waals surface area contributed by atoms with Gasteiger partial charge in [-0.2, -0.15) is 0 Å². The van der Waals surface area contributed by atoms with Gasteiger partial charge in [0.05, 0.1) is 11.0 Å². The minimum absolute atomic E-state index is 0.0330. The molecule has 0 aromatic carbocycles. The third-order valence-corrected chi connectivity index (χ3v) is 3.17. The SMILES string of the molecule is Cc1ccc([N+](=O)[O-])c(N2CCCCC2C=O)n1. The number of nitrogens with zero attached hydrogens (tertiary/aromatic N) is 3. The predicted molar refractivity (Wildman–Crippen MR) is 66.7 cm³/mol. The maximum Gasteiger partial charge on any atom is 0.311 e. The molecule has 1 fully saturated rings. The zero-order valence-electron chi connectivity index (χ0n) is 10.2. The van der Waals surface area contributed by atoms with Gasteiger partial charge in [-0.15, -0.1) is 0 Å². The van der Waals surface area contributed by atoms with E-state index in [1.165, 1.54) is 6.07 Å². The monoisotopic (exact) mass is 249 g/mol. The van der Waals surface area contributed by atoms with E-state index in [1.807, 2.05) is 0 Å². The first-order valence-corrected chi connectivity index (χ1v) is 5.97. The molecule has 1 saturated heterocycles. The molecule has 1 aromatic heterocycles. The van der Waals surface area contributed by atoms with Gasteiger partial charge in [-0.25, -0.2) is 4.98 Å². The topological polar surface area (TPSA) is 76.3 Å². The molecule has 18 heavy (non-hydrogen) atoms. The van der Waals surface area contributed by atoms with Crippen molar-refractivity contribution < 1.29 is 9.72 Å². The Hall–Kier alpha value is -1.98. The number of rotatable bonds is 3. The molecule has 1 aromatic rings. The first-order valence-electron chi connectivity index (χ1n) is 5.97. The van der Waals surface area contributed by atoms with Crippen LogP contribution < -0.4 is 4.90 Å². The van der Waals surface area contributed by atoms with E-state index in [-0.39, 0.29) is 11.7 Å². The highest BCUT2D eigenvalue weighted by Crippen LogP contribution is 2.30. The van der Waals surface area contributed by atoms with Gasteiger partial charge in [0, 0.05) is 18.3 Å². The molecule has 6 heteroatoms. The van der Waals surface area contributed by atoms with E-state index in [4.69, 9.17) is 0 Å². The van der Waals surface area contributed by atoms with E-state index in [1.54, 1.807) is 17.9 Å². The van der Waals surface area contributed by atoms with Crippen LogP contribution in [0.5, 0.6) is 0 Å². The number of pyridine rings is 1. The lowest BCUT2D eigenvalue weighted by molar-refractivity contribution is -0.384. The number of aryl methyl sites for hydroxylation is 1. The fraction of sp³-hybridized carbons (Fsp3) is 0.500. The number of nitro groups is 1. The average Bonchev–Trinajstić information content (AvgIpc) is 2.38. The van der Waals surface area contributed by atoms with Gasteiger partial charge in [0.25, 0.3) is 0 Å². The first kappa shape index (κ1) is 12.5. The lowest BCUT2D eigenvalue weighted by Crippen LogP contribution is -2.41. The number of hydrogen-bond donors (Lipinski definition) is 0. The van der Waals surface area contributed by atoms with Gasteiger partial charge in [0.15, 0.2) is 0 Å². The molecule has 2 rings (SSSR count). The fourth-order valence-electron chi connectivity index (χ4n) is 2.25. The van der Waals surface area contributed by atoms with Gasteiger partial charge in [0.2, 0.25) is 5.82 Å². The molecule has 1 aliphatic heterocycles. The van der Waals surface area contributed by atoms with Crippen molar-refractivity contribution in [3.8, 4) is 0 Å². The van der Waals surface area contributed by atoms with Gasteiger partial charge < -0.3 is 9.69 Å². The predicted octanol–water partition coefficient (Wildman–Crippen LogP) is 1.86. The Labute approximate surface area is 105 Å². The number of carbonyl (C=O) groups is 1. The van der Waals surface area contributed by atoms with Crippen LogP contribution in [0.4, 0.5) is 11.5 Å². The summed E-state index contributed by atoms with van der Waals surface area (Å²) in [6.45, 7) is 2.42. The highest BCUT2D eigenvalue weighted by Gasteiger charge is 2.29. The highest BCUT2D eigenvalue weighted by atomic mass is 16.6. The zero-order valence-corrected chi connectivity index (χ0v) is 10.2. The molecule has 1 unspecified atom stereocenters. The first-order chi connectivity index (χ1) is 8.63. The summed E-state index contributed by atoms with van der Waals surface area (Å²) in [6.07, 6.45) is 3.49. The Kier molecular flexibility index (Phi) is 3.55. The van der Waals surface area contributed by atoms with Crippen molar-refractivity contribution in [2.24, 2.45) is 0 Å². The standard InChI is InChI=1S/C12H15N3O3/c1-9-5-6-11(15(17)18)12(13-9)14-7-3-2-4-10(14)8-16/h5-6,8,10H,2-4,7H2,1H3. The molecular weight excluding hydrogens is 234 g/mol. The Morgan fingerprint density at radius 3 is 2.94 bits per heavy atom. The van der Waals surface area contributed by atoms with Crippen molar-refractivity contribution in [2.75, 3.05) is 11.4 Å². The van der Waals surface area contributed by atoms with E-state index in [0.29, 0.717) is 18.1 Å². The third kappa shape index (κ3) is 2.32. The molecule has 0 spiro atoms. The second kappa shape index (κ2) is 5.12. The summed E-state index contributed by atoms with van der Waals surface area (Å²) in [5.74, 6) is 0.316. The third-order valence-electron chi connectivity index (χ3n) is 3.17. The zero-order chi connectivity index (χ0) is 13.1. The summed E-state index contributed by atoms with van der Waals surface area (Å²) in [5, 5.41) is 11.0. The Bertz CT molecular complexity index is 476. The minimum Gasteiger partial charge on any atom is -0.341 e. The normalized spacial score (nSPS) is 19.6. The summed E-state index contributed by atoms with van der Waals surface area (Å²) in [4.78, 5) is 27.6. The minimum atomic E-state index is -0.446. The van der Waals surface area contributed by atoms with E-state index in [0.717, 1.165) is 25.5 Å². The number of carbonyl (C=O) groups excluding carboxylic acids is 1. The Balaban J connectivity index is 2.44. The van der Waals surface area contributed by atoms with Gasteiger partial charge in [-0.3, -0.25) is 10.1 Å². The van der Waals surface area contributed by atoms with Gasteiger partial charge in [-0.1, -0.05) is 0 Å². The van der Waals surface area contributed by atoms with Gasteiger partial charge in [-0.05, 0) is 32.3 Å². The molecule has 1 atom stereocenters. The molecular formula is C12H15N3O3. The Morgan fingerprint density at radius 2 is 2.28 bits per heavy atom. The molecule has 0 aliphatic carbocycles. The largest absolute Gasteiger partial charge is 0.341 e. The van der Waals surface area contributed by atoms with E-state index < -0.39 is 4.92 Å². The quantitative estimate of drug-likeness (QED) is 0.464. The summed E-state index contributed by atoms with van der Waals surface area (Å²) < 4.78 is 0. The lowest BCUT2D eigenvalue weighted by Gasteiger charge is -2.32. The van der Waals surface area contributed by atoms with Crippen LogP contribution in [0.1, 0.15) is 25.0 Å². The van der Waals surface area contributed by atoms with Crippen LogP contribution >= 0.6 is 0 Å².